The zero-order valence-corrected chi connectivity index (χ0v) is 19.0. The summed E-state index contributed by atoms with van der Waals surface area (Å²) in [4.78, 5) is 6.88. The van der Waals surface area contributed by atoms with E-state index < -0.39 is 12.8 Å². The van der Waals surface area contributed by atoms with Gasteiger partial charge in [-0.2, -0.15) is 13.2 Å². The molecule has 0 bridgehead atoms. The van der Waals surface area contributed by atoms with E-state index >= 15 is 0 Å². The van der Waals surface area contributed by atoms with Gasteiger partial charge >= 0.3 is 6.18 Å². The van der Waals surface area contributed by atoms with E-state index in [0.29, 0.717) is 12.5 Å². The highest BCUT2D eigenvalue weighted by Gasteiger charge is 2.28. The first-order valence-corrected chi connectivity index (χ1v) is 9.57. The molecule has 0 radical (unpaired) electrons. The van der Waals surface area contributed by atoms with Crippen molar-refractivity contribution in [3.8, 4) is 5.75 Å². The third-order valence-electron chi connectivity index (χ3n) is 4.11. The number of rotatable bonds is 9. The summed E-state index contributed by atoms with van der Waals surface area (Å²) >= 11 is 0. The fourth-order valence-electron chi connectivity index (χ4n) is 2.75. The molecule has 1 aliphatic heterocycles. The van der Waals surface area contributed by atoms with Crippen LogP contribution in [0.15, 0.2) is 29.3 Å². The first-order chi connectivity index (χ1) is 13.5. The monoisotopic (exact) mass is 530 g/mol. The number of benzene rings is 1. The smallest absolute Gasteiger partial charge is 0.422 e. The molecule has 1 aromatic carbocycles. The van der Waals surface area contributed by atoms with Gasteiger partial charge in [0.05, 0.1) is 19.8 Å². The molecule has 2 N–H and O–H groups in total. The number of morpholine rings is 1. The Morgan fingerprint density at radius 2 is 2.00 bits per heavy atom. The number of ether oxygens (including phenoxy) is 2. The molecule has 1 saturated heterocycles. The topological polar surface area (TPSA) is 58.1 Å². The van der Waals surface area contributed by atoms with Crippen LogP contribution < -0.4 is 15.4 Å². The van der Waals surface area contributed by atoms with Gasteiger partial charge in [-0.05, 0) is 37.6 Å². The molecule has 1 aliphatic rings. The number of aliphatic imine (C=N–C) groups is 1. The number of guanidine groups is 1. The Hall–Kier alpha value is -1.27. The summed E-state index contributed by atoms with van der Waals surface area (Å²) < 4.78 is 46.9. The lowest BCUT2D eigenvalue weighted by atomic mass is 10.2. The quantitative estimate of drug-likeness (QED) is 0.223. The van der Waals surface area contributed by atoms with Crippen LogP contribution in [0.1, 0.15) is 18.9 Å². The van der Waals surface area contributed by atoms with Crippen molar-refractivity contribution in [3.05, 3.63) is 29.8 Å². The molecule has 0 saturated carbocycles. The van der Waals surface area contributed by atoms with Gasteiger partial charge in [0.2, 0.25) is 0 Å². The zero-order chi connectivity index (χ0) is 20.2. The highest BCUT2D eigenvalue weighted by Crippen LogP contribution is 2.19. The van der Waals surface area contributed by atoms with Crippen molar-refractivity contribution < 1.29 is 22.6 Å². The number of hydrogen-bond acceptors (Lipinski definition) is 4. The van der Waals surface area contributed by atoms with Crippen LogP contribution >= 0.6 is 24.0 Å². The van der Waals surface area contributed by atoms with E-state index in [4.69, 9.17) is 9.47 Å². The normalized spacial score (nSPS) is 15.5. The lowest BCUT2D eigenvalue weighted by Crippen LogP contribution is -2.40. The molecule has 2 rings (SSSR count). The Labute approximate surface area is 187 Å². The number of halogens is 4. The van der Waals surface area contributed by atoms with Crippen molar-refractivity contribution in [2.24, 2.45) is 4.99 Å². The maximum Gasteiger partial charge on any atom is 0.422 e. The van der Waals surface area contributed by atoms with Gasteiger partial charge in [0, 0.05) is 26.2 Å². The number of alkyl halides is 3. The maximum atomic E-state index is 12.3. The van der Waals surface area contributed by atoms with E-state index in [1.807, 2.05) is 13.0 Å². The Morgan fingerprint density at radius 1 is 1.24 bits per heavy atom. The van der Waals surface area contributed by atoms with Crippen LogP contribution in [-0.2, 0) is 11.3 Å². The standard InChI is InChI=1S/C19H29F3N4O2.HI/c1-2-23-18(24-7-4-8-26-9-11-27-12-10-26)25-14-16-5-3-6-17(13-16)28-15-19(20,21)22;/h3,5-6,13H,2,4,7-12,14-15H2,1H3,(H2,23,24,25);1H. The summed E-state index contributed by atoms with van der Waals surface area (Å²) in [5.74, 6) is 0.875. The summed E-state index contributed by atoms with van der Waals surface area (Å²) in [6.07, 6.45) is -3.36. The van der Waals surface area contributed by atoms with Crippen LogP contribution in [-0.4, -0.2) is 69.6 Å². The highest BCUT2D eigenvalue weighted by molar-refractivity contribution is 14.0. The van der Waals surface area contributed by atoms with Gasteiger partial charge in [0.15, 0.2) is 12.6 Å². The molecule has 1 heterocycles. The van der Waals surface area contributed by atoms with Crippen LogP contribution in [0.5, 0.6) is 5.75 Å². The second kappa shape index (κ2) is 13.9. The summed E-state index contributed by atoms with van der Waals surface area (Å²) in [5, 5.41) is 6.47. The predicted octanol–water partition coefficient (Wildman–Crippen LogP) is 3.02. The molecule has 0 unspecified atom stereocenters. The SMILES string of the molecule is CCNC(=NCc1cccc(OCC(F)(F)F)c1)NCCCN1CCOCC1.I. The number of nitrogens with one attached hydrogen (secondary N) is 2. The molecular formula is C19H30F3IN4O2. The van der Waals surface area contributed by atoms with Crippen molar-refractivity contribution >= 4 is 29.9 Å². The molecule has 1 fully saturated rings. The summed E-state index contributed by atoms with van der Waals surface area (Å²) in [6.45, 7) is 7.09. The zero-order valence-electron chi connectivity index (χ0n) is 16.6. The van der Waals surface area contributed by atoms with E-state index in [1.54, 1.807) is 12.1 Å². The molecule has 29 heavy (non-hydrogen) atoms. The van der Waals surface area contributed by atoms with Crippen LogP contribution in [0.2, 0.25) is 0 Å². The first-order valence-electron chi connectivity index (χ1n) is 9.57. The Bertz CT molecular complexity index is 611. The third-order valence-corrected chi connectivity index (χ3v) is 4.11. The van der Waals surface area contributed by atoms with E-state index in [0.717, 1.165) is 57.9 Å². The maximum absolute atomic E-state index is 12.3. The number of hydrogen-bond donors (Lipinski definition) is 2. The van der Waals surface area contributed by atoms with Gasteiger partial charge in [-0.1, -0.05) is 12.1 Å². The molecule has 0 atom stereocenters. The van der Waals surface area contributed by atoms with Gasteiger partial charge in [-0.25, -0.2) is 4.99 Å². The Kier molecular flexibility index (Phi) is 12.3. The second-order valence-corrected chi connectivity index (χ2v) is 6.48. The molecule has 0 amide bonds. The molecular weight excluding hydrogens is 500 g/mol. The van der Waals surface area contributed by atoms with Crippen molar-refractivity contribution in [1.82, 2.24) is 15.5 Å². The largest absolute Gasteiger partial charge is 0.484 e. The minimum absolute atomic E-state index is 0. The fraction of sp³-hybridized carbons (Fsp3) is 0.632. The third kappa shape index (κ3) is 11.5. The van der Waals surface area contributed by atoms with E-state index in [1.165, 1.54) is 6.07 Å². The summed E-state index contributed by atoms with van der Waals surface area (Å²) in [5.41, 5.74) is 0.783. The molecule has 0 aromatic heterocycles. The van der Waals surface area contributed by atoms with Crippen LogP contribution in [0.4, 0.5) is 13.2 Å². The number of nitrogens with zero attached hydrogens (tertiary/aromatic N) is 2. The van der Waals surface area contributed by atoms with E-state index in [-0.39, 0.29) is 29.7 Å². The molecule has 10 heteroatoms. The van der Waals surface area contributed by atoms with E-state index in [9.17, 15) is 13.2 Å². The Morgan fingerprint density at radius 3 is 2.69 bits per heavy atom. The minimum Gasteiger partial charge on any atom is -0.484 e. The molecule has 0 spiro atoms. The Balaban J connectivity index is 0.00000420. The second-order valence-electron chi connectivity index (χ2n) is 6.48. The summed E-state index contributed by atoms with van der Waals surface area (Å²) in [7, 11) is 0. The molecule has 1 aromatic rings. The van der Waals surface area contributed by atoms with Gasteiger partial charge < -0.3 is 20.1 Å². The van der Waals surface area contributed by atoms with Gasteiger partial charge in [0.1, 0.15) is 5.75 Å². The van der Waals surface area contributed by atoms with Crippen molar-refractivity contribution in [3.63, 3.8) is 0 Å². The average Bonchev–Trinajstić information content (AvgIpc) is 2.68. The fourth-order valence-corrected chi connectivity index (χ4v) is 2.75. The lowest BCUT2D eigenvalue weighted by molar-refractivity contribution is -0.153. The molecule has 166 valence electrons. The first kappa shape index (κ1) is 25.8. The molecule has 0 aliphatic carbocycles. The minimum atomic E-state index is -4.35. The lowest BCUT2D eigenvalue weighted by Gasteiger charge is -2.26. The van der Waals surface area contributed by atoms with Crippen molar-refractivity contribution in [2.75, 3.05) is 52.5 Å². The average molecular weight is 530 g/mol. The summed E-state index contributed by atoms with van der Waals surface area (Å²) in [6, 6.07) is 6.57. The van der Waals surface area contributed by atoms with Crippen LogP contribution in [0.3, 0.4) is 0 Å². The molecule has 6 nitrogen and oxygen atoms in total. The van der Waals surface area contributed by atoms with Gasteiger partial charge in [-0.3, -0.25) is 4.90 Å². The predicted molar refractivity (Wildman–Crippen MR) is 118 cm³/mol. The van der Waals surface area contributed by atoms with Crippen LogP contribution in [0.25, 0.3) is 0 Å². The van der Waals surface area contributed by atoms with Crippen LogP contribution in [0, 0.1) is 0 Å². The van der Waals surface area contributed by atoms with Gasteiger partial charge in [-0.15, -0.1) is 24.0 Å². The van der Waals surface area contributed by atoms with Gasteiger partial charge in [0.25, 0.3) is 0 Å². The van der Waals surface area contributed by atoms with E-state index in [2.05, 4.69) is 20.5 Å². The van der Waals surface area contributed by atoms with Crippen molar-refractivity contribution in [1.29, 1.82) is 0 Å². The highest BCUT2D eigenvalue weighted by atomic mass is 127. The van der Waals surface area contributed by atoms with Crippen molar-refractivity contribution in [2.45, 2.75) is 26.1 Å².